The SMILES string of the molecule is NP(N)(=S)CC(=O)c1ccccc1. The highest BCUT2D eigenvalue weighted by Crippen LogP contribution is 2.26. The Bertz CT molecular complexity index is 346. The van der Waals surface area contributed by atoms with Crippen LogP contribution >= 0.6 is 6.34 Å². The molecule has 4 N–H and O–H groups in total. The Morgan fingerprint density at radius 1 is 1.31 bits per heavy atom. The molecule has 0 amide bonds. The largest absolute Gasteiger partial charge is 0.294 e. The number of rotatable bonds is 3. The fourth-order valence-electron chi connectivity index (χ4n) is 0.940. The van der Waals surface area contributed by atoms with Crippen molar-refractivity contribution in [3.63, 3.8) is 0 Å². The lowest BCUT2D eigenvalue weighted by atomic mass is 10.2. The van der Waals surface area contributed by atoms with Gasteiger partial charge in [0.05, 0.1) is 12.5 Å². The number of carbonyl (C=O) groups excluding carboxylic acids is 1. The van der Waals surface area contributed by atoms with Gasteiger partial charge < -0.3 is 0 Å². The Morgan fingerprint density at radius 3 is 2.31 bits per heavy atom. The summed E-state index contributed by atoms with van der Waals surface area (Å²) in [6.07, 6.45) is -2.31. The smallest absolute Gasteiger partial charge is 0.170 e. The molecule has 0 atom stereocenters. The van der Waals surface area contributed by atoms with Crippen LogP contribution in [0.3, 0.4) is 0 Å². The van der Waals surface area contributed by atoms with Crippen LogP contribution in [-0.2, 0) is 11.8 Å². The molecular weight excluding hydrogens is 203 g/mol. The predicted octanol–water partition coefficient (Wildman–Crippen LogP) is 1.10. The molecule has 0 bridgehead atoms. The van der Waals surface area contributed by atoms with Gasteiger partial charge in [0.25, 0.3) is 0 Å². The molecule has 0 unspecified atom stereocenters. The van der Waals surface area contributed by atoms with Gasteiger partial charge in [-0.3, -0.25) is 15.8 Å². The minimum atomic E-state index is -2.40. The molecule has 0 spiro atoms. The summed E-state index contributed by atoms with van der Waals surface area (Å²) < 4.78 is 0. The zero-order chi connectivity index (χ0) is 9.90. The molecular formula is C8H11N2OPS. The third kappa shape index (κ3) is 3.79. The van der Waals surface area contributed by atoms with E-state index in [2.05, 4.69) is 0 Å². The van der Waals surface area contributed by atoms with Crippen molar-refractivity contribution < 1.29 is 4.79 Å². The van der Waals surface area contributed by atoms with Crippen LogP contribution in [-0.4, -0.2) is 11.9 Å². The summed E-state index contributed by atoms with van der Waals surface area (Å²) in [7, 11) is 0. The number of carbonyl (C=O) groups is 1. The standard InChI is InChI=1S/C8H11N2OPS/c9-12(10,13)6-8(11)7-4-2-1-3-5-7/h1-5H,6H2,(H4,9,10,13). The van der Waals surface area contributed by atoms with Gasteiger partial charge in [0.2, 0.25) is 0 Å². The monoisotopic (exact) mass is 214 g/mol. The van der Waals surface area contributed by atoms with Gasteiger partial charge in [-0.15, -0.1) is 0 Å². The summed E-state index contributed by atoms with van der Waals surface area (Å²) >= 11 is 4.81. The van der Waals surface area contributed by atoms with E-state index in [1.54, 1.807) is 24.3 Å². The second kappa shape index (κ2) is 4.11. The van der Waals surface area contributed by atoms with Crippen LogP contribution in [0.5, 0.6) is 0 Å². The van der Waals surface area contributed by atoms with E-state index < -0.39 is 6.34 Å². The average molecular weight is 214 g/mol. The van der Waals surface area contributed by atoms with Crippen LogP contribution < -0.4 is 11.0 Å². The lowest BCUT2D eigenvalue weighted by Crippen LogP contribution is -2.15. The van der Waals surface area contributed by atoms with Crippen LogP contribution in [0.4, 0.5) is 0 Å². The number of hydrogen-bond acceptors (Lipinski definition) is 2. The van der Waals surface area contributed by atoms with Gasteiger partial charge in [-0.2, -0.15) is 0 Å². The van der Waals surface area contributed by atoms with E-state index in [-0.39, 0.29) is 11.9 Å². The van der Waals surface area contributed by atoms with E-state index in [0.29, 0.717) is 5.56 Å². The van der Waals surface area contributed by atoms with Crippen molar-refractivity contribution in [2.24, 2.45) is 11.0 Å². The summed E-state index contributed by atoms with van der Waals surface area (Å²) in [5, 5.41) is 0. The van der Waals surface area contributed by atoms with Crippen molar-refractivity contribution in [1.82, 2.24) is 0 Å². The topological polar surface area (TPSA) is 69.1 Å². The highest BCUT2D eigenvalue weighted by atomic mass is 32.4. The van der Waals surface area contributed by atoms with Crippen LogP contribution in [0.2, 0.25) is 0 Å². The number of ketones is 1. The Kier molecular flexibility index (Phi) is 3.33. The zero-order valence-corrected chi connectivity index (χ0v) is 8.72. The summed E-state index contributed by atoms with van der Waals surface area (Å²) in [5.74, 6) is -0.0751. The van der Waals surface area contributed by atoms with Crippen molar-refractivity contribution in [1.29, 1.82) is 0 Å². The Morgan fingerprint density at radius 2 is 1.85 bits per heavy atom. The van der Waals surface area contributed by atoms with Gasteiger partial charge in [0.15, 0.2) is 5.78 Å². The molecule has 13 heavy (non-hydrogen) atoms. The maximum Gasteiger partial charge on any atom is 0.170 e. The first kappa shape index (κ1) is 10.5. The quantitative estimate of drug-likeness (QED) is 0.584. The molecule has 0 saturated heterocycles. The van der Waals surface area contributed by atoms with E-state index >= 15 is 0 Å². The van der Waals surface area contributed by atoms with Crippen LogP contribution in [0.25, 0.3) is 0 Å². The maximum atomic E-state index is 11.5. The molecule has 5 heteroatoms. The van der Waals surface area contributed by atoms with Crippen molar-refractivity contribution in [3.8, 4) is 0 Å². The van der Waals surface area contributed by atoms with Gasteiger partial charge in [0, 0.05) is 5.56 Å². The highest BCUT2D eigenvalue weighted by molar-refractivity contribution is 8.12. The number of Topliss-reactive ketones (excluding diaryl/α,β-unsaturated/α-hetero) is 1. The normalized spacial score (nSPS) is 11.2. The van der Waals surface area contributed by atoms with E-state index in [4.69, 9.17) is 22.8 Å². The first-order valence-corrected chi connectivity index (χ1v) is 6.86. The molecule has 70 valence electrons. The van der Waals surface area contributed by atoms with E-state index in [0.717, 1.165) is 0 Å². The number of nitrogens with two attached hydrogens (primary N) is 2. The second-order valence-corrected chi connectivity index (χ2v) is 6.87. The summed E-state index contributed by atoms with van der Waals surface area (Å²) in [6.45, 7) is 0. The van der Waals surface area contributed by atoms with Gasteiger partial charge in [0.1, 0.15) is 0 Å². The summed E-state index contributed by atoms with van der Waals surface area (Å²) in [6, 6.07) is 8.89. The van der Waals surface area contributed by atoms with Crippen LogP contribution in [0.15, 0.2) is 30.3 Å². The maximum absolute atomic E-state index is 11.5. The third-order valence-corrected chi connectivity index (χ3v) is 2.66. The van der Waals surface area contributed by atoms with Crippen molar-refractivity contribution >= 4 is 23.9 Å². The first-order chi connectivity index (χ1) is 5.99. The summed E-state index contributed by atoms with van der Waals surface area (Å²) in [4.78, 5) is 11.5. The van der Waals surface area contributed by atoms with E-state index in [9.17, 15) is 4.79 Å². The van der Waals surface area contributed by atoms with Gasteiger partial charge in [-0.1, -0.05) is 42.1 Å². The van der Waals surface area contributed by atoms with Crippen LogP contribution in [0.1, 0.15) is 10.4 Å². The molecule has 0 radical (unpaired) electrons. The van der Waals surface area contributed by atoms with Crippen molar-refractivity contribution in [3.05, 3.63) is 35.9 Å². The molecule has 1 aromatic rings. The van der Waals surface area contributed by atoms with Gasteiger partial charge >= 0.3 is 0 Å². The Labute approximate surface area is 82.2 Å². The Balaban J connectivity index is 2.76. The summed E-state index contributed by atoms with van der Waals surface area (Å²) in [5.41, 5.74) is 11.5. The molecule has 3 nitrogen and oxygen atoms in total. The molecule has 1 aromatic carbocycles. The molecule has 0 aliphatic carbocycles. The fourth-order valence-corrected chi connectivity index (χ4v) is 1.92. The highest BCUT2D eigenvalue weighted by Gasteiger charge is 2.12. The van der Waals surface area contributed by atoms with Gasteiger partial charge in [-0.25, -0.2) is 0 Å². The molecule has 0 aromatic heterocycles. The van der Waals surface area contributed by atoms with Crippen molar-refractivity contribution in [2.75, 3.05) is 6.16 Å². The average Bonchev–Trinajstić information content (AvgIpc) is 2.03. The number of benzene rings is 1. The third-order valence-electron chi connectivity index (χ3n) is 1.49. The number of hydrogen-bond donors (Lipinski definition) is 2. The fraction of sp³-hybridized carbons (Fsp3) is 0.125. The lowest BCUT2D eigenvalue weighted by molar-refractivity contribution is 0.102. The van der Waals surface area contributed by atoms with E-state index in [1.807, 2.05) is 6.07 Å². The first-order valence-electron chi connectivity index (χ1n) is 3.73. The predicted molar refractivity (Wildman–Crippen MR) is 58.3 cm³/mol. The van der Waals surface area contributed by atoms with E-state index in [1.165, 1.54) is 0 Å². The van der Waals surface area contributed by atoms with Crippen molar-refractivity contribution in [2.45, 2.75) is 0 Å². The molecule has 0 aliphatic heterocycles. The minimum absolute atomic E-state index is 0.0751. The Hall–Kier alpha value is -0.540. The lowest BCUT2D eigenvalue weighted by Gasteiger charge is -2.08. The molecule has 1 rings (SSSR count). The molecule has 0 heterocycles. The molecule has 0 aliphatic rings. The van der Waals surface area contributed by atoms with Crippen LogP contribution in [0, 0.1) is 0 Å². The second-order valence-electron chi connectivity index (χ2n) is 2.80. The minimum Gasteiger partial charge on any atom is -0.294 e. The molecule has 0 fully saturated rings. The zero-order valence-electron chi connectivity index (χ0n) is 7.01. The van der Waals surface area contributed by atoms with Gasteiger partial charge in [-0.05, 0) is 0 Å². The molecule has 0 saturated carbocycles.